The summed E-state index contributed by atoms with van der Waals surface area (Å²) in [6, 6.07) is 3.55. The molecule has 0 unspecified atom stereocenters. The Morgan fingerprint density at radius 1 is 1.14 bits per heavy atom. The minimum absolute atomic E-state index is 0.0145. The third-order valence-electron chi connectivity index (χ3n) is 7.67. The van der Waals surface area contributed by atoms with Crippen LogP contribution in [0.4, 0.5) is 4.79 Å². The predicted octanol–water partition coefficient (Wildman–Crippen LogP) is 3.18. The Morgan fingerprint density at radius 2 is 1.84 bits per heavy atom. The highest BCUT2D eigenvalue weighted by Gasteiger charge is 2.57. The van der Waals surface area contributed by atoms with Crippen molar-refractivity contribution in [1.29, 1.82) is 0 Å². The summed E-state index contributed by atoms with van der Waals surface area (Å²) in [6.45, 7) is 7.92. The van der Waals surface area contributed by atoms with Crippen molar-refractivity contribution >= 4 is 23.9 Å². The first kappa shape index (κ1) is 26.8. The number of furan rings is 1. The fraction of sp³-hybridized carbons (Fsp3) is 0.630. The van der Waals surface area contributed by atoms with Gasteiger partial charge in [0.05, 0.1) is 26.5 Å². The number of piperidine rings is 1. The normalized spacial score (nSPS) is 25.3. The fourth-order valence-electron chi connectivity index (χ4n) is 5.97. The summed E-state index contributed by atoms with van der Waals surface area (Å²) in [5.74, 6) is -0.831. The molecule has 10 heteroatoms. The van der Waals surface area contributed by atoms with Gasteiger partial charge in [0.2, 0.25) is 11.8 Å². The van der Waals surface area contributed by atoms with Crippen LogP contribution in [0, 0.1) is 16.7 Å². The van der Waals surface area contributed by atoms with Gasteiger partial charge in [0, 0.05) is 44.2 Å². The molecular weight excluding hydrogens is 478 g/mol. The van der Waals surface area contributed by atoms with Gasteiger partial charge in [0.15, 0.2) is 0 Å². The molecule has 0 saturated carbocycles. The van der Waals surface area contributed by atoms with Crippen molar-refractivity contribution in [3.8, 4) is 0 Å². The van der Waals surface area contributed by atoms with E-state index in [9.17, 15) is 19.2 Å². The summed E-state index contributed by atoms with van der Waals surface area (Å²) in [4.78, 5) is 57.4. The van der Waals surface area contributed by atoms with Crippen LogP contribution in [-0.2, 0) is 30.4 Å². The van der Waals surface area contributed by atoms with Gasteiger partial charge in [-0.3, -0.25) is 14.4 Å². The van der Waals surface area contributed by atoms with E-state index in [1.807, 2.05) is 6.08 Å². The Hall–Kier alpha value is -3.30. The lowest BCUT2D eigenvalue weighted by Gasteiger charge is -2.51. The van der Waals surface area contributed by atoms with Crippen molar-refractivity contribution in [2.45, 2.75) is 53.0 Å². The fourth-order valence-corrected chi connectivity index (χ4v) is 5.97. The molecule has 0 aromatic carbocycles. The lowest BCUT2D eigenvalue weighted by Crippen LogP contribution is -2.56. The van der Waals surface area contributed by atoms with Gasteiger partial charge < -0.3 is 28.6 Å². The zero-order valence-electron chi connectivity index (χ0n) is 22.2. The van der Waals surface area contributed by atoms with Gasteiger partial charge in [0.25, 0.3) is 0 Å². The highest BCUT2D eigenvalue weighted by molar-refractivity contribution is 5.92. The summed E-state index contributed by atoms with van der Waals surface area (Å²) in [5, 5.41) is 0. The summed E-state index contributed by atoms with van der Waals surface area (Å²) in [6.07, 6.45) is 4.59. The summed E-state index contributed by atoms with van der Waals surface area (Å²) < 4.78 is 15.9. The number of rotatable bonds is 6. The number of amides is 3. The van der Waals surface area contributed by atoms with E-state index in [0.717, 1.165) is 6.42 Å². The summed E-state index contributed by atoms with van der Waals surface area (Å²) in [7, 11) is 1.37. The number of hydrogen-bond acceptors (Lipinski definition) is 7. The van der Waals surface area contributed by atoms with Crippen LogP contribution in [0.5, 0.6) is 0 Å². The van der Waals surface area contributed by atoms with Crippen LogP contribution in [-0.4, -0.2) is 78.5 Å². The third-order valence-corrected chi connectivity index (χ3v) is 7.67. The number of allylic oxidation sites excluding steroid dienone is 1. The summed E-state index contributed by atoms with van der Waals surface area (Å²) >= 11 is 0. The second-order valence-electron chi connectivity index (χ2n) is 10.9. The number of carbonyl (C=O) groups excluding carboxylic acids is 4. The number of hydrogen-bond donors (Lipinski definition) is 0. The Kier molecular flexibility index (Phi) is 7.66. The maximum atomic E-state index is 13.8. The SMILES string of the molecule is CCOC(=O)N1CCN(C(=O)C[C@@H]2C[C@@]3(C(=O)OC)CC(C)(C)CC=C3N(Cc3ccco3)C2=O)CC1. The topological polar surface area (TPSA) is 110 Å². The van der Waals surface area contributed by atoms with Crippen LogP contribution in [0.25, 0.3) is 0 Å². The number of ether oxygens (including phenoxy) is 2. The molecule has 37 heavy (non-hydrogen) atoms. The van der Waals surface area contributed by atoms with E-state index in [2.05, 4.69) is 13.8 Å². The van der Waals surface area contributed by atoms with Gasteiger partial charge >= 0.3 is 12.1 Å². The van der Waals surface area contributed by atoms with Crippen molar-refractivity contribution in [3.63, 3.8) is 0 Å². The summed E-state index contributed by atoms with van der Waals surface area (Å²) in [5.41, 5.74) is -0.552. The minimum Gasteiger partial charge on any atom is -0.468 e. The molecule has 0 bridgehead atoms. The molecule has 202 valence electrons. The number of fused-ring (bicyclic) bond motifs is 1. The van der Waals surface area contributed by atoms with Crippen LogP contribution < -0.4 is 0 Å². The van der Waals surface area contributed by atoms with E-state index in [1.165, 1.54) is 7.11 Å². The van der Waals surface area contributed by atoms with Gasteiger partial charge in [-0.2, -0.15) is 0 Å². The molecule has 3 aliphatic rings. The van der Waals surface area contributed by atoms with Gasteiger partial charge in [-0.1, -0.05) is 19.9 Å². The van der Waals surface area contributed by atoms with Gasteiger partial charge in [0.1, 0.15) is 11.2 Å². The van der Waals surface area contributed by atoms with Gasteiger partial charge in [-0.15, -0.1) is 0 Å². The molecule has 0 N–H and O–H groups in total. The van der Waals surface area contributed by atoms with Crippen LogP contribution >= 0.6 is 0 Å². The van der Waals surface area contributed by atoms with Crippen molar-refractivity contribution in [3.05, 3.63) is 35.9 Å². The Balaban J connectivity index is 1.57. The van der Waals surface area contributed by atoms with E-state index in [4.69, 9.17) is 13.9 Å². The molecule has 2 atom stereocenters. The third kappa shape index (κ3) is 5.38. The molecule has 3 amide bonds. The molecule has 1 aromatic heterocycles. The molecule has 0 radical (unpaired) electrons. The molecule has 0 spiro atoms. The second kappa shape index (κ2) is 10.6. The molecular formula is C27H37N3O7. The minimum atomic E-state index is -1.02. The van der Waals surface area contributed by atoms with Crippen molar-refractivity contribution in [2.75, 3.05) is 39.9 Å². The first-order chi connectivity index (χ1) is 17.6. The smallest absolute Gasteiger partial charge is 0.409 e. The van der Waals surface area contributed by atoms with Crippen LogP contribution in [0.1, 0.15) is 52.2 Å². The van der Waals surface area contributed by atoms with E-state index in [1.54, 1.807) is 40.0 Å². The molecule has 4 rings (SSSR count). The lowest BCUT2D eigenvalue weighted by atomic mass is 9.59. The van der Waals surface area contributed by atoms with E-state index < -0.39 is 11.3 Å². The molecule has 1 aromatic rings. The molecule has 1 aliphatic carbocycles. The number of esters is 1. The number of piperazine rings is 1. The van der Waals surface area contributed by atoms with Gasteiger partial charge in [-0.25, -0.2) is 4.79 Å². The average Bonchev–Trinajstić information content (AvgIpc) is 3.39. The zero-order chi connectivity index (χ0) is 26.8. The quantitative estimate of drug-likeness (QED) is 0.535. The van der Waals surface area contributed by atoms with Crippen molar-refractivity contribution in [2.24, 2.45) is 16.7 Å². The van der Waals surface area contributed by atoms with E-state index in [-0.39, 0.29) is 48.7 Å². The van der Waals surface area contributed by atoms with Gasteiger partial charge in [-0.05, 0) is 43.7 Å². The first-order valence-corrected chi connectivity index (χ1v) is 12.9. The Labute approximate surface area is 217 Å². The molecule has 3 heterocycles. The van der Waals surface area contributed by atoms with Crippen LogP contribution in [0.15, 0.2) is 34.6 Å². The standard InChI is InChI=1S/C27H37N3O7/c1-5-36-25(34)29-12-10-28(11-13-29)22(31)15-19-16-27(24(33)35-4)18-26(2,3)9-8-21(27)30(23(19)32)17-20-7-6-14-37-20/h6-8,14,19H,5,9-13,15-18H2,1-4H3/t19-,27-/m1/s1. The van der Waals surface area contributed by atoms with Crippen molar-refractivity contribution < 1.29 is 33.1 Å². The Morgan fingerprint density at radius 3 is 2.46 bits per heavy atom. The number of nitrogens with zero attached hydrogens (tertiary/aromatic N) is 3. The molecule has 2 aliphatic heterocycles. The lowest BCUT2D eigenvalue weighted by molar-refractivity contribution is -0.163. The number of carbonyl (C=O) groups is 4. The van der Waals surface area contributed by atoms with E-state index >= 15 is 0 Å². The van der Waals surface area contributed by atoms with E-state index in [0.29, 0.717) is 50.7 Å². The van der Waals surface area contributed by atoms with Crippen LogP contribution in [0.3, 0.4) is 0 Å². The average molecular weight is 516 g/mol. The highest BCUT2D eigenvalue weighted by atomic mass is 16.6. The largest absolute Gasteiger partial charge is 0.468 e. The number of likely N-dealkylation sites (tertiary alicyclic amines) is 1. The monoisotopic (exact) mass is 515 g/mol. The van der Waals surface area contributed by atoms with Crippen LogP contribution in [0.2, 0.25) is 0 Å². The maximum absolute atomic E-state index is 13.8. The predicted molar refractivity (Wildman–Crippen MR) is 133 cm³/mol. The molecule has 10 nitrogen and oxygen atoms in total. The highest BCUT2D eigenvalue weighted by Crippen LogP contribution is 2.55. The molecule has 2 fully saturated rings. The maximum Gasteiger partial charge on any atom is 0.409 e. The molecule has 2 saturated heterocycles. The zero-order valence-corrected chi connectivity index (χ0v) is 22.2. The second-order valence-corrected chi connectivity index (χ2v) is 10.9. The Bertz CT molecular complexity index is 1060. The van der Waals surface area contributed by atoms with Crippen molar-refractivity contribution in [1.82, 2.24) is 14.7 Å². The number of methoxy groups -OCH3 is 1. The first-order valence-electron chi connectivity index (χ1n) is 12.9.